The van der Waals surface area contributed by atoms with Crippen molar-refractivity contribution in [2.24, 2.45) is 0 Å². The smallest absolute Gasteiger partial charge is 0.264 e. The number of fused-ring (bicyclic) bond motifs is 1. The van der Waals surface area contributed by atoms with Gasteiger partial charge < -0.3 is 10.1 Å². The van der Waals surface area contributed by atoms with Crippen LogP contribution >= 0.6 is 0 Å². The Morgan fingerprint density at radius 3 is 2.96 bits per heavy atom. The lowest BCUT2D eigenvalue weighted by Crippen LogP contribution is -2.38. The minimum absolute atomic E-state index is 0.00292. The maximum Gasteiger partial charge on any atom is 0.264 e. The van der Waals surface area contributed by atoms with Gasteiger partial charge in [0, 0.05) is 0 Å². The quantitative estimate of drug-likeness (QED) is 0.832. The molecule has 122 valence electrons. The molecule has 3 rings (SSSR count). The lowest BCUT2D eigenvalue weighted by Gasteiger charge is -2.29. The highest BCUT2D eigenvalue weighted by Gasteiger charge is 2.31. The standard InChI is InChI=1S/C15H12N4O4S/c16-8-11-2-1-3-13(6-11)24(21,22)19-4-5-23-15-14(19)7-12(9-17-15)18-10-20/h1-3,6-7,9-10H,4-5H2,(H,18,20). The summed E-state index contributed by atoms with van der Waals surface area (Å²) < 4.78 is 32.4. The summed E-state index contributed by atoms with van der Waals surface area (Å²) in [6.07, 6.45) is 1.85. The maximum atomic E-state index is 12.9. The maximum absolute atomic E-state index is 12.9. The van der Waals surface area contributed by atoms with Gasteiger partial charge in [0.2, 0.25) is 12.3 Å². The number of nitriles is 1. The number of nitrogens with zero attached hydrogens (tertiary/aromatic N) is 3. The van der Waals surface area contributed by atoms with E-state index in [4.69, 9.17) is 10.00 Å². The van der Waals surface area contributed by atoms with Gasteiger partial charge in [-0.3, -0.25) is 9.10 Å². The summed E-state index contributed by atoms with van der Waals surface area (Å²) in [6, 6.07) is 9.16. The number of pyridine rings is 1. The summed E-state index contributed by atoms with van der Waals surface area (Å²) in [5.74, 6) is 0.165. The second kappa shape index (κ2) is 6.17. The number of anilines is 2. The summed E-state index contributed by atoms with van der Waals surface area (Å²) in [7, 11) is -3.89. The molecule has 2 heterocycles. The van der Waals surface area contributed by atoms with Crippen molar-refractivity contribution in [3.8, 4) is 11.9 Å². The first-order valence-electron chi connectivity index (χ1n) is 6.92. The van der Waals surface area contributed by atoms with Gasteiger partial charge in [-0.25, -0.2) is 13.4 Å². The topological polar surface area (TPSA) is 112 Å². The van der Waals surface area contributed by atoms with E-state index in [-0.39, 0.29) is 35.2 Å². The van der Waals surface area contributed by atoms with Gasteiger partial charge in [0.05, 0.1) is 35.0 Å². The molecule has 8 nitrogen and oxygen atoms in total. The Balaban J connectivity index is 2.08. The molecule has 24 heavy (non-hydrogen) atoms. The minimum Gasteiger partial charge on any atom is -0.474 e. The third kappa shape index (κ3) is 2.75. The molecule has 0 bridgehead atoms. The molecule has 0 atom stereocenters. The number of aromatic nitrogens is 1. The Labute approximate surface area is 138 Å². The van der Waals surface area contributed by atoms with Gasteiger partial charge >= 0.3 is 0 Å². The van der Waals surface area contributed by atoms with E-state index in [2.05, 4.69) is 10.3 Å². The number of hydrogen-bond acceptors (Lipinski definition) is 6. The molecule has 1 N–H and O–H groups in total. The molecule has 1 aliphatic rings. The molecule has 0 spiro atoms. The molecule has 0 radical (unpaired) electrons. The number of nitrogens with one attached hydrogen (secondary N) is 1. The number of benzene rings is 1. The number of ether oxygens (including phenoxy) is 1. The van der Waals surface area contributed by atoms with Crippen LogP contribution in [0.25, 0.3) is 0 Å². The second-order valence-electron chi connectivity index (χ2n) is 4.88. The van der Waals surface area contributed by atoms with E-state index in [1.165, 1.54) is 36.5 Å². The van der Waals surface area contributed by atoms with Gasteiger partial charge in [0.15, 0.2) is 0 Å². The average molecular weight is 344 g/mol. The predicted octanol–water partition coefficient (Wildman–Crippen LogP) is 1.11. The fraction of sp³-hybridized carbons (Fsp3) is 0.133. The number of sulfonamides is 1. The summed E-state index contributed by atoms with van der Waals surface area (Å²) in [4.78, 5) is 14.6. The third-order valence-electron chi connectivity index (χ3n) is 3.41. The molecular formula is C15H12N4O4S. The molecule has 0 saturated carbocycles. The highest BCUT2D eigenvalue weighted by Crippen LogP contribution is 2.35. The van der Waals surface area contributed by atoms with Crippen LogP contribution in [0.3, 0.4) is 0 Å². The van der Waals surface area contributed by atoms with Crippen LogP contribution in [0.15, 0.2) is 41.4 Å². The van der Waals surface area contributed by atoms with Gasteiger partial charge in [-0.05, 0) is 24.3 Å². The summed E-state index contributed by atoms with van der Waals surface area (Å²) in [6.45, 7) is 0.246. The highest BCUT2D eigenvalue weighted by atomic mass is 32.2. The van der Waals surface area contributed by atoms with Crippen LogP contribution in [0.4, 0.5) is 11.4 Å². The van der Waals surface area contributed by atoms with Crippen LogP contribution in [0.1, 0.15) is 5.56 Å². The highest BCUT2D eigenvalue weighted by molar-refractivity contribution is 7.92. The van der Waals surface area contributed by atoms with Crippen LogP contribution in [0, 0.1) is 11.3 Å². The Morgan fingerprint density at radius 2 is 2.21 bits per heavy atom. The average Bonchev–Trinajstić information content (AvgIpc) is 2.61. The predicted molar refractivity (Wildman–Crippen MR) is 85.1 cm³/mol. The summed E-state index contributed by atoms with van der Waals surface area (Å²) in [5, 5.41) is 11.4. The number of hydrogen-bond donors (Lipinski definition) is 1. The van der Waals surface area contributed by atoms with Crippen LogP contribution < -0.4 is 14.4 Å². The van der Waals surface area contributed by atoms with Gasteiger partial charge in [0.1, 0.15) is 12.3 Å². The van der Waals surface area contributed by atoms with Crippen molar-refractivity contribution >= 4 is 27.8 Å². The minimum atomic E-state index is -3.89. The number of amides is 1. The number of carbonyl (C=O) groups excluding carboxylic acids is 1. The number of rotatable bonds is 4. The molecule has 0 fully saturated rings. The van der Waals surface area contributed by atoms with Crippen LogP contribution in [-0.4, -0.2) is 33.0 Å². The summed E-state index contributed by atoms with van der Waals surface area (Å²) in [5.41, 5.74) is 0.828. The largest absolute Gasteiger partial charge is 0.474 e. The molecule has 9 heteroatoms. The van der Waals surface area contributed by atoms with E-state index in [0.29, 0.717) is 12.1 Å². The molecule has 2 aromatic rings. The fourth-order valence-corrected chi connectivity index (χ4v) is 3.81. The van der Waals surface area contributed by atoms with E-state index in [0.717, 1.165) is 4.31 Å². The van der Waals surface area contributed by atoms with E-state index >= 15 is 0 Å². The SMILES string of the molecule is N#Cc1cccc(S(=O)(=O)N2CCOc3ncc(NC=O)cc32)c1. The zero-order valence-electron chi connectivity index (χ0n) is 12.3. The molecule has 0 saturated heterocycles. The van der Waals surface area contributed by atoms with Gasteiger partial charge in [-0.2, -0.15) is 5.26 Å². The Kier molecular flexibility index (Phi) is 4.05. The molecular weight excluding hydrogens is 332 g/mol. The molecule has 1 aromatic carbocycles. The van der Waals surface area contributed by atoms with Gasteiger partial charge in [-0.15, -0.1) is 0 Å². The second-order valence-corrected chi connectivity index (χ2v) is 6.74. The zero-order valence-corrected chi connectivity index (χ0v) is 13.2. The van der Waals surface area contributed by atoms with Crippen LogP contribution in [-0.2, 0) is 14.8 Å². The van der Waals surface area contributed by atoms with Crippen molar-refractivity contribution in [2.75, 3.05) is 22.8 Å². The van der Waals surface area contributed by atoms with Crippen molar-refractivity contribution in [1.82, 2.24) is 4.98 Å². The molecule has 1 aromatic heterocycles. The van der Waals surface area contributed by atoms with E-state index in [1.807, 2.05) is 6.07 Å². The van der Waals surface area contributed by atoms with Crippen molar-refractivity contribution in [1.29, 1.82) is 5.26 Å². The van der Waals surface area contributed by atoms with Gasteiger partial charge in [0.25, 0.3) is 10.0 Å². The number of carbonyl (C=O) groups is 1. The van der Waals surface area contributed by atoms with E-state index in [1.54, 1.807) is 0 Å². The van der Waals surface area contributed by atoms with Crippen LogP contribution in [0.2, 0.25) is 0 Å². The first kappa shape index (κ1) is 15.8. The lowest BCUT2D eigenvalue weighted by molar-refractivity contribution is -0.105. The third-order valence-corrected chi connectivity index (χ3v) is 5.22. The van der Waals surface area contributed by atoms with Crippen molar-refractivity contribution < 1.29 is 17.9 Å². The van der Waals surface area contributed by atoms with Crippen LogP contribution in [0.5, 0.6) is 5.88 Å². The molecule has 0 aliphatic carbocycles. The Morgan fingerprint density at radius 1 is 1.38 bits per heavy atom. The Bertz CT molecular complexity index is 937. The molecule has 1 amide bonds. The monoisotopic (exact) mass is 344 g/mol. The van der Waals surface area contributed by atoms with Crippen molar-refractivity contribution in [2.45, 2.75) is 4.90 Å². The fourth-order valence-electron chi connectivity index (χ4n) is 2.33. The van der Waals surface area contributed by atoms with E-state index in [9.17, 15) is 13.2 Å². The zero-order chi connectivity index (χ0) is 17.2. The van der Waals surface area contributed by atoms with Gasteiger partial charge in [-0.1, -0.05) is 6.07 Å². The molecule has 0 unspecified atom stereocenters. The summed E-state index contributed by atoms with van der Waals surface area (Å²) >= 11 is 0. The van der Waals surface area contributed by atoms with Crippen molar-refractivity contribution in [3.05, 3.63) is 42.1 Å². The van der Waals surface area contributed by atoms with E-state index < -0.39 is 10.0 Å². The normalized spacial score (nSPS) is 13.4. The molecule has 1 aliphatic heterocycles. The first-order valence-corrected chi connectivity index (χ1v) is 8.36. The first-order chi connectivity index (χ1) is 11.6. The lowest BCUT2D eigenvalue weighted by atomic mass is 10.2. The Hall–Kier alpha value is -3.12. The van der Waals surface area contributed by atoms with Crippen molar-refractivity contribution in [3.63, 3.8) is 0 Å².